The lowest BCUT2D eigenvalue weighted by Gasteiger charge is -2.22. The highest BCUT2D eigenvalue weighted by atomic mass is 35.5. The molecule has 7 nitrogen and oxygen atoms in total. The fourth-order valence-corrected chi connectivity index (χ4v) is 3.45. The predicted octanol–water partition coefficient (Wildman–Crippen LogP) is 2.98. The Morgan fingerprint density at radius 3 is 2.43 bits per heavy atom. The first-order valence-corrected chi connectivity index (χ1v) is 9.52. The van der Waals surface area contributed by atoms with Crippen molar-refractivity contribution in [3.63, 3.8) is 0 Å². The topological polar surface area (TPSA) is 104 Å². The van der Waals surface area contributed by atoms with E-state index in [2.05, 4.69) is 10.4 Å². The maximum absolute atomic E-state index is 11.7. The maximum Gasteiger partial charge on any atom is 0.321 e. The van der Waals surface area contributed by atoms with E-state index in [1.165, 1.54) is 0 Å². The quantitative estimate of drug-likeness (QED) is 0.559. The third-order valence-corrected chi connectivity index (χ3v) is 4.58. The number of nitrogens with zero attached hydrogens (tertiary/aromatic N) is 2. The van der Waals surface area contributed by atoms with Crippen LogP contribution < -0.4 is 5.32 Å². The van der Waals surface area contributed by atoms with Gasteiger partial charge < -0.3 is 10.2 Å². The summed E-state index contributed by atoms with van der Waals surface area (Å²) in [6, 6.07) is 5.49. The molecular weight excluding hydrogens is 382 g/mol. The second-order valence-electron chi connectivity index (χ2n) is 7.40. The number of aliphatic carboxylic acids is 2. The predicted molar refractivity (Wildman–Crippen MR) is 107 cm³/mol. The summed E-state index contributed by atoms with van der Waals surface area (Å²) in [4.78, 5) is 23.2. The highest BCUT2D eigenvalue weighted by Gasteiger charge is 2.27. The molecule has 1 aromatic heterocycles. The van der Waals surface area contributed by atoms with Crippen LogP contribution in [0, 0.1) is 12.8 Å². The fraction of sp³-hybridized carbons (Fsp3) is 0.450. The van der Waals surface area contributed by atoms with E-state index in [-0.39, 0.29) is 12.3 Å². The Kier molecular flexibility index (Phi) is 7.60. The van der Waals surface area contributed by atoms with Gasteiger partial charge in [0.15, 0.2) is 0 Å². The molecule has 2 atom stereocenters. The van der Waals surface area contributed by atoms with E-state index in [1.54, 1.807) is 16.9 Å². The number of benzene rings is 1. The van der Waals surface area contributed by atoms with Gasteiger partial charge in [0.2, 0.25) is 0 Å². The molecule has 8 heteroatoms. The zero-order valence-corrected chi connectivity index (χ0v) is 17.0. The molecule has 1 heterocycles. The van der Waals surface area contributed by atoms with E-state index < -0.39 is 24.0 Å². The van der Waals surface area contributed by atoms with Crippen LogP contribution in [-0.2, 0) is 22.6 Å². The third-order valence-electron chi connectivity index (χ3n) is 4.36. The number of carboxylic acid groups (broad SMARTS) is 2. The Morgan fingerprint density at radius 1 is 1.18 bits per heavy atom. The van der Waals surface area contributed by atoms with E-state index >= 15 is 0 Å². The lowest BCUT2D eigenvalue weighted by molar-refractivity contribution is -0.142. The number of carbonyl (C=O) groups is 2. The summed E-state index contributed by atoms with van der Waals surface area (Å²) in [7, 11) is 0. The van der Waals surface area contributed by atoms with Crippen molar-refractivity contribution in [2.45, 2.75) is 52.2 Å². The summed E-state index contributed by atoms with van der Waals surface area (Å²) in [5.74, 6) is -2.02. The van der Waals surface area contributed by atoms with Crippen molar-refractivity contribution in [1.82, 2.24) is 15.1 Å². The number of hydrogen-bond donors (Lipinski definition) is 3. The lowest BCUT2D eigenvalue weighted by atomic mass is 10.0. The molecule has 2 aromatic rings. The smallest absolute Gasteiger partial charge is 0.321 e. The molecular formula is C20H26ClN3O4. The van der Waals surface area contributed by atoms with Gasteiger partial charge >= 0.3 is 11.9 Å². The van der Waals surface area contributed by atoms with Crippen molar-refractivity contribution in [2.24, 2.45) is 5.92 Å². The van der Waals surface area contributed by atoms with Gasteiger partial charge in [0, 0.05) is 23.3 Å². The summed E-state index contributed by atoms with van der Waals surface area (Å²) in [6.07, 6.45) is 2.07. The number of halogens is 1. The van der Waals surface area contributed by atoms with Gasteiger partial charge in [-0.25, -0.2) is 0 Å². The molecule has 152 valence electrons. The number of aryl methyl sites for hydroxylation is 1. The van der Waals surface area contributed by atoms with Crippen LogP contribution >= 0.6 is 11.6 Å². The number of nitrogens with one attached hydrogen (secondary N) is 1. The summed E-state index contributed by atoms with van der Waals surface area (Å²) in [6.45, 7) is 6.19. The standard InChI is InChI=1S/C20H26ClN3O4/c1-12(2)6-17(19(25)26)23-18(20(27)28)10-16-4-5-22-24(16)11-14-7-13(3)8-15(21)9-14/h4-5,7-9,12,17-18,23H,6,10-11H2,1-3H3,(H,25,26)(H,27,28)/t17-,18-/m0/s1. The van der Waals surface area contributed by atoms with Crippen LogP contribution in [0.5, 0.6) is 0 Å². The molecule has 0 saturated heterocycles. The number of hydrogen-bond acceptors (Lipinski definition) is 4. The Hall–Kier alpha value is -2.38. The molecule has 0 bridgehead atoms. The molecule has 0 spiro atoms. The van der Waals surface area contributed by atoms with Gasteiger partial charge in [-0.1, -0.05) is 31.5 Å². The van der Waals surface area contributed by atoms with Crippen LogP contribution in [0.3, 0.4) is 0 Å². The monoisotopic (exact) mass is 407 g/mol. The average Bonchev–Trinajstić information content (AvgIpc) is 2.98. The van der Waals surface area contributed by atoms with Crippen LogP contribution in [0.2, 0.25) is 5.02 Å². The normalized spacial score (nSPS) is 13.5. The summed E-state index contributed by atoms with van der Waals surface area (Å²) >= 11 is 6.11. The molecule has 1 aromatic carbocycles. The minimum atomic E-state index is -1.10. The van der Waals surface area contributed by atoms with Crippen LogP contribution in [0.4, 0.5) is 0 Å². The van der Waals surface area contributed by atoms with Crippen molar-refractivity contribution >= 4 is 23.5 Å². The second-order valence-corrected chi connectivity index (χ2v) is 7.84. The van der Waals surface area contributed by atoms with E-state index in [1.807, 2.05) is 39.0 Å². The molecule has 0 aliphatic heterocycles. The van der Waals surface area contributed by atoms with Crippen LogP contribution in [0.15, 0.2) is 30.5 Å². The van der Waals surface area contributed by atoms with Crippen LogP contribution in [0.1, 0.15) is 37.1 Å². The summed E-state index contributed by atoms with van der Waals surface area (Å²) < 4.78 is 1.71. The highest BCUT2D eigenvalue weighted by Crippen LogP contribution is 2.17. The third kappa shape index (κ3) is 6.35. The molecule has 0 radical (unpaired) electrons. The van der Waals surface area contributed by atoms with Crippen molar-refractivity contribution in [1.29, 1.82) is 0 Å². The van der Waals surface area contributed by atoms with Gasteiger partial charge in [0.25, 0.3) is 0 Å². The molecule has 3 N–H and O–H groups in total. The Bertz CT molecular complexity index is 814. The highest BCUT2D eigenvalue weighted by molar-refractivity contribution is 6.30. The Morgan fingerprint density at radius 2 is 1.86 bits per heavy atom. The minimum Gasteiger partial charge on any atom is -0.480 e. The molecule has 0 saturated carbocycles. The van der Waals surface area contributed by atoms with E-state index in [0.717, 1.165) is 11.1 Å². The molecule has 2 rings (SSSR count). The van der Waals surface area contributed by atoms with E-state index in [9.17, 15) is 19.8 Å². The largest absolute Gasteiger partial charge is 0.480 e. The SMILES string of the molecule is Cc1cc(Cl)cc(Cn2nccc2C[C@H](N[C@@H](CC(C)C)C(=O)O)C(=O)O)c1. The number of carboxylic acids is 2. The molecule has 0 unspecified atom stereocenters. The van der Waals surface area contributed by atoms with Crippen LogP contribution in [0.25, 0.3) is 0 Å². The molecule has 0 aliphatic rings. The Balaban J connectivity index is 2.17. The first-order chi connectivity index (χ1) is 13.2. The van der Waals surface area contributed by atoms with Gasteiger partial charge in [-0.15, -0.1) is 0 Å². The van der Waals surface area contributed by atoms with Crippen molar-refractivity contribution < 1.29 is 19.8 Å². The first-order valence-electron chi connectivity index (χ1n) is 9.14. The average molecular weight is 408 g/mol. The molecule has 0 aliphatic carbocycles. The van der Waals surface area contributed by atoms with Crippen molar-refractivity contribution in [2.75, 3.05) is 0 Å². The van der Waals surface area contributed by atoms with E-state index in [4.69, 9.17) is 11.6 Å². The van der Waals surface area contributed by atoms with Crippen LogP contribution in [-0.4, -0.2) is 44.0 Å². The molecule has 0 amide bonds. The van der Waals surface area contributed by atoms with Gasteiger partial charge in [0.1, 0.15) is 12.1 Å². The Labute approximate surface area is 169 Å². The molecule has 28 heavy (non-hydrogen) atoms. The lowest BCUT2D eigenvalue weighted by Crippen LogP contribution is -2.49. The molecule has 0 fully saturated rings. The minimum absolute atomic E-state index is 0.122. The van der Waals surface area contributed by atoms with Crippen molar-refractivity contribution in [3.05, 3.63) is 52.3 Å². The van der Waals surface area contributed by atoms with Gasteiger partial charge in [0.05, 0.1) is 6.54 Å². The fourth-order valence-electron chi connectivity index (χ4n) is 3.13. The summed E-state index contributed by atoms with van der Waals surface area (Å²) in [5, 5.41) is 26.7. The van der Waals surface area contributed by atoms with Gasteiger partial charge in [-0.3, -0.25) is 19.6 Å². The van der Waals surface area contributed by atoms with E-state index in [0.29, 0.717) is 23.7 Å². The first kappa shape index (κ1) is 21.9. The zero-order chi connectivity index (χ0) is 20.8. The second kappa shape index (κ2) is 9.71. The van der Waals surface area contributed by atoms with Crippen molar-refractivity contribution in [3.8, 4) is 0 Å². The number of aromatic nitrogens is 2. The zero-order valence-electron chi connectivity index (χ0n) is 16.2. The maximum atomic E-state index is 11.7. The van der Waals surface area contributed by atoms with Gasteiger partial charge in [-0.05, 0) is 48.6 Å². The van der Waals surface area contributed by atoms with Gasteiger partial charge in [-0.2, -0.15) is 5.10 Å². The number of rotatable bonds is 10. The summed E-state index contributed by atoms with van der Waals surface area (Å²) in [5.41, 5.74) is 2.68.